The number of carbonyl (C=O) groups is 1. The molecule has 6 rings (SSSR count). The van der Waals surface area contributed by atoms with E-state index in [1.165, 1.54) is 23.4 Å². The molecule has 1 saturated heterocycles. The number of nitrogens with one attached hydrogen (secondary N) is 1. The summed E-state index contributed by atoms with van der Waals surface area (Å²) < 4.78 is 28.3. The molecule has 34 heavy (non-hydrogen) atoms. The molecule has 1 fully saturated rings. The van der Waals surface area contributed by atoms with Gasteiger partial charge in [0.15, 0.2) is 9.84 Å². The fraction of sp³-hybridized carbons (Fsp3) is 0.381. The van der Waals surface area contributed by atoms with E-state index in [4.69, 9.17) is 11.6 Å². The Balaban J connectivity index is 1.28. The predicted molar refractivity (Wildman–Crippen MR) is 134 cm³/mol. The van der Waals surface area contributed by atoms with Gasteiger partial charge in [-0.05, 0) is 48.5 Å². The van der Waals surface area contributed by atoms with E-state index in [9.17, 15) is 13.2 Å². The topological polar surface area (TPSA) is 118 Å². The van der Waals surface area contributed by atoms with E-state index < -0.39 is 9.84 Å². The minimum atomic E-state index is -3.02. The minimum Gasteiger partial charge on any atom is -0.340 e. The Bertz CT molecular complexity index is 1540. The number of benzene rings is 1. The number of anilines is 2. The van der Waals surface area contributed by atoms with Crippen molar-refractivity contribution in [3.63, 3.8) is 0 Å². The van der Waals surface area contributed by atoms with Crippen LogP contribution in [0.3, 0.4) is 0 Å². The molecule has 3 aromatic heterocycles. The number of sulfone groups is 1. The van der Waals surface area contributed by atoms with Gasteiger partial charge in [0.25, 0.3) is 0 Å². The van der Waals surface area contributed by atoms with Crippen molar-refractivity contribution >= 4 is 82.2 Å². The van der Waals surface area contributed by atoms with Crippen LogP contribution in [0.5, 0.6) is 0 Å². The Hall–Kier alpha value is -2.41. The second-order valence-electron chi connectivity index (χ2n) is 8.52. The first-order valence-electron chi connectivity index (χ1n) is 10.8. The predicted octanol–water partition coefficient (Wildman–Crippen LogP) is 3.45. The van der Waals surface area contributed by atoms with Crippen LogP contribution in [-0.2, 0) is 27.5 Å². The summed E-state index contributed by atoms with van der Waals surface area (Å²) >= 11 is 9.37. The molecule has 1 aliphatic carbocycles. The molecule has 0 radical (unpaired) electrons. The quantitative estimate of drug-likeness (QED) is 0.424. The van der Waals surface area contributed by atoms with Gasteiger partial charge in [-0.15, -0.1) is 16.4 Å². The number of nitrogens with zero attached hydrogens (tertiary/aromatic N) is 5. The number of carbonyl (C=O) groups excluding carboxylic acids is 1. The van der Waals surface area contributed by atoms with E-state index >= 15 is 0 Å². The second-order valence-corrected chi connectivity index (χ2v) is 13.1. The third-order valence-corrected chi connectivity index (χ3v) is 10.2. The smallest absolute Gasteiger partial charge is 0.226 e. The lowest BCUT2D eigenvalue weighted by molar-refractivity contribution is -0.135. The lowest BCUT2D eigenvalue weighted by Crippen LogP contribution is -2.47. The Kier molecular flexibility index (Phi) is 5.43. The summed E-state index contributed by atoms with van der Waals surface area (Å²) in [5, 5.41) is 8.93. The molecule has 4 heterocycles. The molecular weight excluding hydrogens is 516 g/mol. The van der Waals surface area contributed by atoms with Crippen molar-refractivity contribution < 1.29 is 13.2 Å². The molecule has 1 amide bonds. The highest BCUT2D eigenvalue weighted by atomic mass is 35.5. The highest BCUT2D eigenvalue weighted by molar-refractivity contribution is 7.91. The van der Waals surface area contributed by atoms with Crippen LogP contribution in [-0.4, -0.2) is 63.4 Å². The van der Waals surface area contributed by atoms with Gasteiger partial charge >= 0.3 is 0 Å². The first kappa shape index (κ1) is 22.1. The molecule has 0 saturated carbocycles. The number of halogens is 1. The number of fused-ring (bicyclic) bond motifs is 4. The highest BCUT2D eigenvalue weighted by Gasteiger charge is 2.34. The molecule has 1 unspecified atom stereocenters. The molecule has 13 heteroatoms. The summed E-state index contributed by atoms with van der Waals surface area (Å²) in [6.45, 7) is 0.577. The Morgan fingerprint density at radius 2 is 2.03 bits per heavy atom. The summed E-state index contributed by atoms with van der Waals surface area (Å²) in [7, 11) is -3.02. The molecule has 4 aromatic rings. The molecule has 2 aliphatic rings. The normalized spacial score (nSPS) is 19.9. The number of aryl methyl sites for hydroxylation is 1. The average Bonchev–Trinajstić information content (AvgIpc) is 3.42. The summed E-state index contributed by atoms with van der Waals surface area (Å²) in [5.74, 6) is 0.709. The van der Waals surface area contributed by atoms with Gasteiger partial charge in [0.1, 0.15) is 22.5 Å². The van der Waals surface area contributed by atoms with Gasteiger partial charge < -0.3 is 10.2 Å². The van der Waals surface area contributed by atoms with E-state index in [2.05, 4.69) is 24.9 Å². The van der Waals surface area contributed by atoms with E-state index in [1.807, 2.05) is 6.07 Å². The number of aromatic nitrogens is 4. The highest BCUT2D eigenvalue weighted by Crippen LogP contribution is 2.41. The fourth-order valence-corrected chi connectivity index (χ4v) is 7.89. The van der Waals surface area contributed by atoms with Gasteiger partial charge in [0, 0.05) is 23.9 Å². The average molecular weight is 535 g/mol. The maximum absolute atomic E-state index is 13.1. The van der Waals surface area contributed by atoms with Crippen molar-refractivity contribution in [1.29, 1.82) is 0 Å². The molecule has 0 bridgehead atoms. The minimum absolute atomic E-state index is 0.0517. The van der Waals surface area contributed by atoms with E-state index in [0.29, 0.717) is 23.7 Å². The molecule has 1 N–H and O–H groups in total. The Morgan fingerprint density at radius 3 is 2.85 bits per heavy atom. The summed E-state index contributed by atoms with van der Waals surface area (Å²) in [6.07, 6.45) is 3.63. The van der Waals surface area contributed by atoms with Gasteiger partial charge in [0.2, 0.25) is 5.91 Å². The molecule has 9 nitrogen and oxygen atoms in total. The summed E-state index contributed by atoms with van der Waals surface area (Å²) in [4.78, 5) is 25.8. The lowest BCUT2D eigenvalue weighted by Gasteiger charge is -2.31. The number of hydrogen-bond donors (Lipinski definition) is 1. The van der Waals surface area contributed by atoms with Crippen LogP contribution in [0.1, 0.15) is 16.9 Å². The maximum Gasteiger partial charge on any atom is 0.226 e. The van der Waals surface area contributed by atoms with Crippen molar-refractivity contribution in [3.8, 4) is 0 Å². The van der Waals surface area contributed by atoms with Gasteiger partial charge in [-0.3, -0.25) is 4.79 Å². The fourth-order valence-electron chi connectivity index (χ4n) is 4.63. The molecule has 1 atom stereocenters. The summed E-state index contributed by atoms with van der Waals surface area (Å²) in [5.41, 5.74) is 2.65. The van der Waals surface area contributed by atoms with Crippen LogP contribution in [0.15, 0.2) is 18.5 Å². The van der Waals surface area contributed by atoms with Crippen LogP contribution in [0.2, 0.25) is 5.02 Å². The van der Waals surface area contributed by atoms with Crippen molar-refractivity contribution in [2.24, 2.45) is 5.92 Å². The number of thiophene rings is 1. The van der Waals surface area contributed by atoms with Crippen LogP contribution >= 0.6 is 34.5 Å². The van der Waals surface area contributed by atoms with Gasteiger partial charge in [-0.2, -0.15) is 0 Å². The molecular formula is C21H19ClN6O3S3. The van der Waals surface area contributed by atoms with E-state index in [1.54, 1.807) is 22.3 Å². The molecule has 1 aromatic carbocycles. The summed E-state index contributed by atoms with van der Waals surface area (Å²) in [6, 6.07) is 3.70. The van der Waals surface area contributed by atoms with Crippen LogP contribution in [0.4, 0.5) is 11.5 Å². The van der Waals surface area contributed by atoms with Crippen molar-refractivity contribution in [3.05, 3.63) is 33.9 Å². The zero-order valence-corrected chi connectivity index (χ0v) is 21.0. The van der Waals surface area contributed by atoms with E-state index in [0.717, 1.165) is 37.4 Å². The Morgan fingerprint density at radius 1 is 1.21 bits per heavy atom. The van der Waals surface area contributed by atoms with Gasteiger partial charge in [-0.25, -0.2) is 18.4 Å². The van der Waals surface area contributed by atoms with E-state index in [-0.39, 0.29) is 36.4 Å². The Labute approximate surface area is 208 Å². The maximum atomic E-state index is 13.1. The SMILES string of the molecule is O=C(C1CCc2c(sc3ncnc(Nc4cc5snnc5cc4Cl)c23)C1)N1CCS(=O)(=O)CC1. The standard InChI is InChI=1S/C21H19ClN6O3S3/c22-13-8-15-17(33-27-26-15)9-14(13)25-19-18-12-2-1-11(7-16(12)32-20(18)24-10-23-19)21(29)28-3-5-34(30,31)6-4-28/h8-11H,1-7H2,(H,23,24,25). The zero-order valence-electron chi connectivity index (χ0n) is 17.8. The molecule has 1 aliphatic heterocycles. The third kappa shape index (κ3) is 3.92. The van der Waals surface area contributed by atoms with Crippen molar-refractivity contribution in [2.75, 3.05) is 29.9 Å². The zero-order chi connectivity index (χ0) is 23.4. The second kappa shape index (κ2) is 8.36. The lowest BCUT2D eigenvalue weighted by atomic mass is 9.87. The monoisotopic (exact) mass is 534 g/mol. The number of hydrogen-bond acceptors (Lipinski definition) is 10. The first-order chi connectivity index (χ1) is 16.4. The van der Waals surface area contributed by atoms with Gasteiger partial charge in [-0.1, -0.05) is 16.1 Å². The molecule has 176 valence electrons. The number of amides is 1. The van der Waals surface area contributed by atoms with Crippen LogP contribution < -0.4 is 5.32 Å². The largest absolute Gasteiger partial charge is 0.340 e. The van der Waals surface area contributed by atoms with Crippen LogP contribution in [0, 0.1) is 5.92 Å². The van der Waals surface area contributed by atoms with Crippen molar-refractivity contribution in [2.45, 2.75) is 19.3 Å². The molecule has 0 spiro atoms. The third-order valence-electron chi connectivity index (χ3n) is 6.44. The van der Waals surface area contributed by atoms with Gasteiger partial charge in [0.05, 0.1) is 32.3 Å². The number of rotatable bonds is 3. The van der Waals surface area contributed by atoms with Crippen LogP contribution in [0.25, 0.3) is 20.4 Å². The van der Waals surface area contributed by atoms with Crippen molar-refractivity contribution in [1.82, 2.24) is 24.5 Å². The first-order valence-corrected chi connectivity index (χ1v) is 14.6.